The molecule has 2 aliphatic heterocycles. The maximum atomic E-state index is 6.48. The van der Waals surface area contributed by atoms with Crippen molar-refractivity contribution in [2.75, 3.05) is 6.61 Å². The summed E-state index contributed by atoms with van der Waals surface area (Å²) in [4.78, 5) is 0. The molecule has 5 unspecified atom stereocenters. The van der Waals surface area contributed by atoms with Crippen LogP contribution in [0.25, 0.3) is 0 Å². The van der Waals surface area contributed by atoms with Crippen LogP contribution >= 0.6 is 0 Å². The summed E-state index contributed by atoms with van der Waals surface area (Å²) < 4.78 is 11.5. The van der Waals surface area contributed by atoms with Crippen LogP contribution in [0.2, 0.25) is 0 Å². The molecular formula is C18H27NO2. The molecule has 0 spiro atoms. The lowest BCUT2D eigenvalue weighted by Crippen LogP contribution is -2.38. The van der Waals surface area contributed by atoms with E-state index in [-0.39, 0.29) is 12.1 Å². The van der Waals surface area contributed by atoms with Crippen LogP contribution in [0, 0.1) is 11.8 Å². The zero-order valence-electron chi connectivity index (χ0n) is 13.3. The first-order valence-electron chi connectivity index (χ1n) is 8.22. The third-order valence-corrected chi connectivity index (χ3v) is 5.33. The highest BCUT2D eigenvalue weighted by Crippen LogP contribution is 2.35. The zero-order valence-corrected chi connectivity index (χ0v) is 13.3. The Balaban J connectivity index is 1.60. The minimum atomic E-state index is 0.212. The number of fused-ring (bicyclic) bond motifs is 1. The molecular weight excluding hydrogens is 262 g/mol. The van der Waals surface area contributed by atoms with Crippen molar-refractivity contribution >= 4 is 0 Å². The SMILES string of the molecule is CC1OC(C)C(C(N)CCc2ccc3c(c2)CCO3)C1C. The molecule has 1 saturated heterocycles. The minimum Gasteiger partial charge on any atom is -0.493 e. The molecule has 21 heavy (non-hydrogen) atoms. The fourth-order valence-electron chi connectivity index (χ4n) is 3.95. The van der Waals surface area contributed by atoms with Crippen LogP contribution in [0.5, 0.6) is 5.75 Å². The van der Waals surface area contributed by atoms with Gasteiger partial charge in [-0.15, -0.1) is 0 Å². The van der Waals surface area contributed by atoms with E-state index in [1.807, 2.05) is 0 Å². The lowest BCUT2D eigenvalue weighted by atomic mass is 9.81. The Bertz CT molecular complexity index is 502. The second-order valence-electron chi connectivity index (χ2n) is 6.73. The monoisotopic (exact) mass is 289 g/mol. The van der Waals surface area contributed by atoms with E-state index in [1.165, 1.54) is 11.1 Å². The predicted octanol–water partition coefficient (Wildman–Crippen LogP) is 2.94. The number of hydrogen-bond acceptors (Lipinski definition) is 3. The number of nitrogens with two attached hydrogens (primary N) is 1. The highest BCUT2D eigenvalue weighted by atomic mass is 16.5. The molecule has 1 fully saturated rings. The van der Waals surface area contributed by atoms with Crippen molar-refractivity contribution in [2.24, 2.45) is 17.6 Å². The Hall–Kier alpha value is -1.06. The number of benzene rings is 1. The molecule has 116 valence electrons. The first kappa shape index (κ1) is 14.9. The average molecular weight is 289 g/mol. The van der Waals surface area contributed by atoms with Crippen molar-refractivity contribution in [2.45, 2.75) is 58.3 Å². The highest BCUT2D eigenvalue weighted by molar-refractivity contribution is 5.39. The molecule has 2 aliphatic rings. The van der Waals surface area contributed by atoms with Crippen molar-refractivity contribution < 1.29 is 9.47 Å². The normalized spacial score (nSPS) is 32.8. The molecule has 0 radical (unpaired) electrons. The molecule has 3 nitrogen and oxygen atoms in total. The molecule has 3 rings (SSSR count). The van der Waals surface area contributed by atoms with Gasteiger partial charge in [-0.3, -0.25) is 0 Å². The summed E-state index contributed by atoms with van der Waals surface area (Å²) in [7, 11) is 0. The van der Waals surface area contributed by atoms with Gasteiger partial charge in [0.25, 0.3) is 0 Å². The van der Waals surface area contributed by atoms with Crippen LogP contribution in [0.15, 0.2) is 18.2 Å². The van der Waals surface area contributed by atoms with Gasteiger partial charge in [-0.25, -0.2) is 0 Å². The predicted molar refractivity (Wildman–Crippen MR) is 84.6 cm³/mol. The fraction of sp³-hybridized carbons (Fsp3) is 0.667. The quantitative estimate of drug-likeness (QED) is 0.927. The van der Waals surface area contributed by atoms with Gasteiger partial charge >= 0.3 is 0 Å². The van der Waals surface area contributed by atoms with Crippen molar-refractivity contribution in [3.8, 4) is 5.75 Å². The maximum Gasteiger partial charge on any atom is 0.122 e. The second-order valence-corrected chi connectivity index (χ2v) is 6.73. The third-order valence-electron chi connectivity index (χ3n) is 5.33. The van der Waals surface area contributed by atoms with Gasteiger partial charge in [0.2, 0.25) is 0 Å². The van der Waals surface area contributed by atoms with E-state index in [0.29, 0.717) is 17.9 Å². The first-order chi connectivity index (χ1) is 10.1. The van der Waals surface area contributed by atoms with Gasteiger partial charge in [-0.2, -0.15) is 0 Å². The van der Waals surface area contributed by atoms with E-state index in [2.05, 4.69) is 39.0 Å². The summed E-state index contributed by atoms with van der Waals surface area (Å²) in [6.07, 6.45) is 3.71. The number of ether oxygens (including phenoxy) is 2. The maximum absolute atomic E-state index is 6.48. The van der Waals surface area contributed by atoms with Gasteiger partial charge in [-0.1, -0.05) is 19.1 Å². The molecule has 0 aromatic heterocycles. The summed E-state index contributed by atoms with van der Waals surface area (Å²) in [6.45, 7) is 7.42. The number of aryl methyl sites for hydroxylation is 1. The topological polar surface area (TPSA) is 44.5 Å². The molecule has 1 aromatic carbocycles. The Labute approximate surface area is 127 Å². The fourth-order valence-corrected chi connectivity index (χ4v) is 3.95. The Kier molecular flexibility index (Phi) is 4.23. The van der Waals surface area contributed by atoms with Gasteiger partial charge in [0.15, 0.2) is 0 Å². The molecule has 2 heterocycles. The molecule has 1 aromatic rings. The van der Waals surface area contributed by atoms with Gasteiger partial charge in [-0.05, 0) is 49.8 Å². The molecule has 2 N–H and O–H groups in total. The summed E-state index contributed by atoms with van der Waals surface area (Å²) in [5, 5.41) is 0. The van der Waals surface area contributed by atoms with Crippen molar-refractivity contribution in [3.05, 3.63) is 29.3 Å². The summed E-state index contributed by atoms with van der Waals surface area (Å²) >= 11 is 0. The van der Waals surface area contributed by atoms with Crippen LogP contribution in [-0.4, -0.2) is 24.9 Å². The Morgan fingerprint density at radius 3 is 2.76 bits per heavy atom. The van der Waals surface area contributed by atoms with Crippen molar-refractivity contribution in [3.63, 3.8) is 0 Å². The molecule has 0 saturated carbocycles. The van der Waals surface area contributed by atoms with Gasteiger partial charge in [0.05, 0.1) is 18.8 Å². The lowest BCUT2D eigenvalue weighted by molar-refractivity contribution is 0.0487. The summed E-state index contributed by atoms with van der Waals surface area (Å²) in [5.41, 5.74) is 9.20. The van der Waals surface area contributed by atoms with Crippen LogP contribution in [0.3, 0.4) is 0 Å². The standard InChI is InChI=1S/C18H27NO2/c1-11-12(2)21-13(3)18(11)16(19)6-4-14-5-7-17-15(10-14)8-9-20-17/h5,7,10-13,16,18H,4,6,8-9,19H2,1-3H3. The number of rotatable bonds is 4. The van der Waals surface area contributed by atoms with Crippen molar-refractivity contribution in [1.82, 2.24) is 0 Å². The van der Waals surface area contributed by atoms with E-state index in [4.69, 9.17) is 15.2 Å². The van der Waals surface area contributed by atoms with Crippen LogP contribution in [0.4, 0.5) is 0 Å². The Morgan fingerprint density at radius 2 is 2.05 bits per heavy atom. The average Bonchev–Trinajstić information content (AvgIpc) is 3.01. The minimum absolute atomic E-state index is 0.212. The number of hydrogen-bond donors (Lipinski definition) is 1. The van der Waals surface area contributed by atoms with Gasteiger partial charge in [0, 0.05) is 18.4 Å². The summed E-state index contributed by atoms with van der Waals surface area (Å²) in [6, 6.07) is 6.78. The van der Waals surface area contributed by atoms with E-state index >= 15 is 0 Å². The highest BCUT2D eigenvalue weighted by Gasteiger charge is 2.40. The molecule has 0 bridgehead atoms. The zero-order chi connectivity index (χ0) is 15.0. The van der Waals surface area contributed by atoms with E-state index < -0.39 is 0 Å². The first-order valence-corrected chi connectivity index (χ1v) is 8.22. The lowest BCUT2D eigenvalue weighted by Gasteiger charge is -2.25. The van der Waals surface area contributed by atoms with E-state index in [9.17, 15) is 0 Å². The van der Waals surface area contributed by atoms with Crippen LogP contribution in [0.1, 0.15) is 38.3 Å². The molecule has 0 aliphatic carbocycles. The molecule has 5 atom stereocenters. The molecule has 3 heteroatoms. The van der Waals surface area contributed by atoms with Gasteiger partial charge in [0.1, 0.15) is 5.75 Å². The van der Waals surface area contributed by atoms with Gasteiger partial charge < -0.3 is 15.2 Å². The van der Waals surface area contributed by atoms with Crippen LogP contribution in [-0.2, 0) is 17.6 Å². The molecule has 0 amide bonds. The Morgan fingerprint density at radius 1 is 1.24 bits per heavy atom. The van der Waals surface area contributed by atoms with E-state index in [0.717, 1.165) is 31.6 Å². The third kappa shape index (κ3) is 2.95. The van der Waals surface area contributed by atoms with Crippen LogP contribution < -0.4 is 10.5 Å². The smallest absolute Gasteiger partial charge is 0.122 e. The second kappa shape index (κ2) is 5.98. The van der Waals surface area contributed by atoms with E-state index in [1.54, 1.807) is 0 Å². The van der Waals surface area contributed by atoms with Crippen molar-refractivity contribution in [1.29, 1.82) is 0 Å². The summed E-state index contributed by atoms with van der Waals surface area (Å²) in [5.74, 6) is 2.07. The largest absolute Gasteiger partial charge is 0.493 e.